The van der Waals surface area contributed by atoms with Crippen LogP contribution < -0.4 is 5.32 Å². The molecular formula is C20H23N5O. The first-order valence-corrected chi connectivity index (χ1v) is 9.33. The van der Waals surface area contributed by atoms with Crippen LogP contribution in [0.3, 0.4) is 0 Å². The number of nitrogens with zero attached hydrogens (tertiary/aromatic N) is 3. The minimum absolute atomic E-state index is 0.112. The molecule has 3 heterocycles. The minimum Gasteiger partial charge on any atom is -0.361 e. The van der Waals surface area contributed by atoms with E-state index in [1.165, 1.54) is 23.8 Å². The monoisotopic (exact) mass is 349 g/mol. The fraction of sp³-hybridized carbons (Fsp3) is 0.400. The van der Waals surface area contributed by atoms with Gasteiger partial charge in [-0.1, -0.05) is 12.1 Å². The van der Waals surface area contributed by atoms with Crippen molar-refractivity contribution in [2.24, 2.45) is 5.92 Å². The second-order valence-corrected chi connectivity index (χ2v) is 7.52. The number of hydrogen-bond acceptors (Lipinski definition) is 3. The third kappa shape index (κ3) is 2.90. The second-order valence-electron chi connectivity index (χ2n) is 7.52. The van der Waals surface area contributed by atoms with Gasteiger partial charge in [-0.2, -0.15) is 0 Å². The Morgan fingerprint density at radius 3 is 3.12 bits per heavy atom. The van der Waals surface area contributed by atoms with Crippen molar-refractivity contribution in [3.63, 3.8) is 0 Å². The van der Waals surface area contributed by atoms with Gasteiger partial charge in [-0.15, -0.1) is 0 Å². The lowest BCUT2D eigenvalue weighted by Crippen LogP contribution is -2.44. The van der Waals surface area contributed by atoms with Crippen LogP contribution in [0.4, 0.5) is 0 Å². The van der Waals surface area contributed by atoms with Crippen LogP contribution in [-0.2, 0) is 17.9 Å². The molecule has 1 aromatic carbocycles. The topological polar surface area (TPSA) is 66.0 Å². The van der Waals surface area contributed by atoms with Crippen molar-refractivity contribution in [2.75, 3.05) is 13.1 Å². The zero-order valence-corrected chi connectivity index (χ0v) is 14.7. The lowest BCUT2D eigenvalue weighted by Gasteiger charge is -2.33. The molecule has 1 aliphatic carbocycles. The maximum atomic E-state index is 12.8. The number of carbonyl (C=O) groups excluding carboxylic acids is 1. The number of nitrogens with one attached hydrogen (secondary N) is 2. The van der Waals surface area contributed by atoms with E-state index in [1.807, 2.05) is 17.0 Å². The molecule has 1 unspecified atom stereocenters. The van der Waals surface area contributed by atoms with Crippen LogP contribution in [0.1, 0.15) is 30.1 Å². The molecule has 3 aromatic rings. The van der Waals surface area contributed by atoms with Crippen molar-refractivity contribution in [2.45, 2.75) is 32.0 Å². The van der Waals surface area contributed by atoms with Gasteiger partial charge in [0.25, 0.3) is 0 Å². The summed E-state index contributed by atoms with van der Waals surface area (Å²) in [5.41, 5.74) is 3.54. The SMILES string of the molecule is O=C(NCC1CC1)C1CN(Cc2cccc3[nH]ccc23)Cc2cncn21. The summed E-state index contributed by atoms with van der Waals surface area (Å²) in [5.74, 6) is 0.799. The Balaban J connectivity index is 1.37. The predicted octanol–water partition coefficient (Wildman–Crippen LogP) is 2.45. The molecule has 2 N–H and O–H groups in total. The molecule has 5 rings (SSSR count). The van der Waals surface area contributed by atoms with E-state index in [2.05, 4.69) is 44.5 Å². The van der Waals surface area contributed by atoms with Gasteiger partial charge < -0.3 is 14.9 Å². The smallest absolute Gasteiger partial charge is 0.244 e. The lowest BCUT2D eigenvalue weighted by molar-refractivity contribution is -0.125. The molecule has 26 heavy (non-hydrogen) atoms. The molecule has 134 valence electrons. The molecule has 1 amide bonds. The summed E-state index contributed by atoms with van der Waals surface area (Å²) in [6, 6.07) is 8.27. The van der Waals surface area contributed by atoms with Crippen molar-refractivity contribution in [3.05, 3.63) is 54.2 Å². The van der Waals surface area contributed by atoms with E-state index < -0.39 is 0 Å². The van der Waals surface area contributed by atoms with Crippen LogP contribution in [0.25, 0.3) is 10.9 Å². The van der Waals surface area contributed by atoms with Crippen molar-refractivity contribution in [3.8, 4) is 0 Å². The van der Waals surface area contributed by atoms with Crippen molar-refractivity contribution in [1.29, 1.82) is 0 Å². The first-order chi connectivity index (χ1) is 12.8. The lowest BCUT2D eigenvalue weighted by atomic mass is 10.1. The van der Waals surface area contributed by atoms with Gasteiger partial charge in [0.1, 0.15) is 6.04 Å². The molecular weight excluding hydrogens is 326 g/mol. The summed E-state index contributed by atoms with van der Waals surface area (Å²) in [6.45, 7) is 3.16. The zero-order valence-electron chi connectivity index (χ0n) is 14.7. The maximum Gasteiger partial charge on any atom is 0.244 e. The highest BCUT2D eigenvalue weighted by molar-refractivity contribution is 5.83. The number of fused-ring (bicyclic) bond motifs is 2. The molecule has 0 saturated heterocycles. The second kappa shape index (κ2) is 6.29. The molecule has 6 heteroatoms. The number of imidazole rings is 1. The third-order valence-corrected chi connectivity index (χ3v) is 5.54. The zero-order chi connectivity index (χ0) is 17.5. The average Bonchev–Trinajstić information content (AvgIpc) is 3.14. The summed E-state index contributed by atoms with van der Waals surface area (Å²) in [4.78, 5) is 22.7. The predicted molar refractivity (Wildman–Crippen MR) is 99.4 cm³/mol. The molecule has 0 radical (unpaired) electrons. The highest BCUT2D eigenvalue weighted by Crippen LogP contribution is 2.29. The number of hydrogen-bond donors (Lipinski definition) is 2. The van der Waals surface area contributed by atoms with Crippen LogP contribution in [0.15, 0.2) is 43.0 Å². The number of amides is 1. The molecule has 0 spiro atoms. The molecule has 2 aliphatic rings. The Kier molecular flexibility index (Phi) is 3.78. The van der Waals surface area contributed by atoms with E-state index in [1.54, 1.807) is 6.33 Å². The van der Waals surface area contributed by atoms with Gasteiger partial charge in [0.15, 0.2) is 0 Å². The number of rotatable bonds is 5. The Morgan fingerprint density at radius 2 is 2.23 bits per heavy atom. The standard InChI is InChI=1S/C20H23N5O/c26-20(23-8-14-4-5-14)19-12-24(11-16-9-21-13-25(16)19)10-15-2-1-3-18-17(15)6-7-22-18/h1-3,6-7,9,13-14,19,22H,4-5,8,10-12H2,(H,23,26). The van der Waals surface area contributed by atoms with E-state index in [4.69, 9.17) is 0 Å². The van der Waals surface area contributed by atoms with E-state index in [9.17, 15) is 4.79 Å². The van der Waals surface area contributed by atoms with E-state index in [0.717, 1.165) is 30.8 Å². The summed E-state index contributed by atoms with van der Waals surface area (Å²) in [5, 5.41) is 4.39. The van der Waals surface area contributed by atoms with E-state index in [0.29, 0.717) is 12.5 Å². The minimum atomic E-state index is -0.203. The summed E-state index contributed by atoms with van der Waals surface area (Å²) in [6.07, 6.45) is 8.14. The number of aromatic nitrogens is 3. The Bertz CT molecular complexity index is 938. The summed E-state index contributed by atoms with van der Waals surface area (Å²) < 4.78 is 2.04. The Hall–Kier alpha value is -2.60. The van der Waals surface area contributed by atoms with Crippen molar-refractivity contribution in [1.82, 2.24) is 24.8 Å². The van der Waals surface area contributed by atoms with Crippen LogP contribution >= 0.6 is 0 Å². The normalized spacial score (nSPS) is 20.2. The number of benzene rings is 1. The third-order valence-electron chi connectivity index (χ3n) is 5.54. The van der Waals surface area contributed by atoms with Gasteiger partial charge in [0.2, 0.25) is 5.91 Å². The quantitative estimate of drug-likeness (QED) is 0.744. The highest BCUT2D eigenvalue weighted by Gasteiger charge is 2.31. The fourth-order valence-corrected chi connectivity index (χ4v) is 3.90. The van der Waals surface area contributed by atoms with E-state index >= 15 is 0 Å². The van der Waals surface area contributed by atoms with Crippen LogP contribution in [-0.4, -0.2) is 38.4 Å². The molecule has 6 nitrogen and oxygen atoms in total. The fourth-order valence-electron chi connectivity index (χ4n) is 3.90. The molecule has 2 aromatic heterocycles. The van der Waals surface area contributed by atoms with Gasteiger partial charge in [0.05, 0.1) is 12.0 Å². The molecule has 1 saturated carbocycles. The molecule has 1 atom stereocenters. The van der Waals surface area contributed by atoms with Gasteiger partial charge in [-0.05, 0) is 36.5 Å². The molecule has 0 bridgehead atoms. The van der Waals surface area contributed by atoms with Crippen LogP contribution in [0.2, 0.25) is 0 Å². The van der Waals surface area contributed by atoms with Gasteiger partial charge in [-0.25, -0.2) is 4.98 Å². The van der Waals surface area contributed by atoms with Crippen LogP contribution in [0.5, 0.6) is 0 Å². The average molecular weight is 349 g/mol. The highest BCUT2D eigenvalue weighted by atomic mass is 16.2. The Morgan fingerprint density at radius 1 is 1.31 bits per heavy atom. The Labute approximate surface area is 152 Å². The first-order valence-electron chi connectivity index (χ1n) is 9.33. The first kappa shape index (κ1) is 15.6. The van der Waals surface area contributed by atoms with Gasteiger partial charge in [0, 0.05) is 49.5 Å². The summed E-state index contributed by atoms with van der Waals surface area (Å²) >= 11 is 0. The number of aromatic amines is 1. The van der Waals surface area contributed by atoms with E-state index in [-0.39, 0.29) is 11.9 Å². The van der Waals surface area contributed by atoms with Gasteiger partial charge in [-0.3, -0.25) is 9.69 Å². The summed E-state index contributed by atoms with van der Waals surface area (Å²) in [7, 11) is 0. The van der Waals surface area contributed by atoms with Crippen LogP contribution in [0, 0.1) is 5.92 Å². The number of carbonyl (C=O) groups is 1. The van der Waals surface area contributed by atoms with Crippen molar-refractivity contribution < 1.29 is 4.79 Å². The van der Waals surface area contributed by atoms with Crippen molar-refractivity contribution >= 4 is 16.8 Å². The maximum absolute atomic E-state index is 12.8. The molecule has 1 aliphatic heterocycles. The number of H-pyrrole nitrogens is 1. The largest absolute Gasteiger partial charge is 0.361 e. The van der Waals surface area contributed by atoms with Gasteiger partial charge >= 0.3 is 0 Å². The molecule has 1 fully saturated rings.